The fraction of sp³-hybridized carbons (Fsp3) is 0. The van der Waals surface area contributed by atoms with Crippen LogP contribution in [0.3, 0.4) is 0 Å². The van der Waals surface area contributed by atoms with Crippen molar-refractivity contribution in [2.24, 2.45) is 0 Å². The van der Waals surface area contributed by atoms with Gasteiger partial charge in [0.2, 0.25) is 0 Å². The Balaban J connectivity index is 1.20. The minimum Gasteiger partial charge on any atom is -0.455 e. The summed E-state index contributed by atoms with van der Waals surface area (Å²) in [4.78, 5) is 10.7. The second-order valence-corrected chi connectivity index (χ2v) is 13.7. The lowest BCUT2D eigenvalue weighted by molar-refractivity contribution is 0.670. The Labute approximate surface area is 305 Å². The van der Waals surface area contributed by atoms with E-state index in [2.05, 4.69) is 170 Å². The zero-order valence-corrected chi connectivity index (χ0v) is 28.6. The Bertz CT molecular complexity index is 3210. The topological polar surface area (TPSA) is 38.9 Å². The van der Waals surface area contributed by atoms with Crippen molar-refractivity contribution in [3.05, 3.63) is 182 Å². The summed E-state index contributed by atoms with van der Waals surface area (Å²) in [5, 5.41) is 11.9. The summed E-state index contributed by atoms with van der Waals surface area (Å²) in [6.07, 6.45) is 0. The van der Waals surface area contributed by atoms with E-state index in [0.29, 0.717) is 5.82 Å². The minimum atomic E-state index is 0.664. The highest BCUT2D eigenvalue weighted by atomic mass is 16.3. The predicted octanol–water partition coefficient (Wildman–Crippen LogP) is 13.7. The van der Waals surface area contributed by atoms with E-state index in [1.165, 1.54) is 48.7 Å². The van der Waals surface area contributed by atoms with Crippen molar-refractivity contribution in [2.45, 2.75) is 0 Å². The molecule has 0 spiro atoms. The largest absolute Gasteiger partial charge is 0.455 e. The zero-order chi connectivity index (χ0) is 34.9. The first-order valence-corrected chi connectivity index (χ1v) is 18.0. The third-order valence-corrected chi connectivity index (χ3v) is 10.7. The fourth-order valence-corrected chi connectivity index (χ4v) is 8.25. The van der Waals surface area contributed by atoms with Crippen LogP contribution in [-0.2, 0) is 0 Å². The lowest BCUT2D eigenvalue weighted by Crippen LogP contribution is -1.97. The molecule has 2 aromatic heterocycles. The van der Waals surface area contributed by atoms with E-state index in [1.807, 2.05) is 12.1 Å². The van der Waals surface area contributed by atoms with E-state index in [1.54, 1.807) is 0 Å². The van der Waals surface area contributed by atoms with Crippen molar-refractivity contribution in [1.29, 1.82) is 0 Å². The third-order valence-electron chi connectivity index (χ3n) is 10.7. The third kappa shape index (κ3) is 4.68. The number of rotatable bonds is 4. The van der Waals surface area contributed by atoms with Gasteiger partial charge in [-0.2, -0.15) is 0 Å². The van der Waals surface area contributed by atoms with Gasteiger partial charge in [0.15, 0.2) is 5.82 Å². The zero-order valence-electron chi connectivity index (χ0n) is 28.6. The molecule has 0 aliphatic carbocycles. The molecule has 0 aliphatic rings. The van der Waals surface area contributed by atoms with E-state index < -0.39 is 0 Å². The predicted molar refractivity (Wildman–Crippen MR) is 221 cm³/mol. The molecule has 0 amide bonds. The smallest absolute Gasteiger partial charge is 0.160 e. The number of aromatic nitrogens is 2. The molecule has 0 saturated carbocycles. The highest BCUT2D eigenvalue weighted by Crippen LogP contribution is 2.41. The molecular weight excluding hydrogens is 645 g/mol. The number of hydrogen-bond acceptors (Lipinski definition) is 3. The SMILES string of the molecule is c1ccc(-c2cccc3ccccc23)c(-c2cc(-c3cccc4c3oc3ccccc34)nc(-c3ccc4c5ccccc5c5ccccc5c4c3)n2)c1. The summed E-state index contributed by atoms with van der Waals surface area (Å²) >= 11 is 0. The lowest BCUT2D eigenvalue weighted by atomic mass is 9.92. The van der Waals surface area contributed by atoms with Gasteiger partial charge in [-0.1, -0.05) is 158 Å². The van der Waals surface area contributed by atoms with Gasteiger partial charge in [0.1, 0.15) is 11.2 Å². The van der Waals surface area contributed by atoms with Crippen LogP contribution < -0.4 is 0 Å². The van der Waals surface area contributed by atoms with Gasteiger partial charge >= 0.3 is 0 Å². The van der Waals surface area contributed by atoms with Crippen molar-refractivity contribution in [2.75, 3.05) is 0 Å². The Hall–Kier alpha value is -7.10. The van der Waals surface area contributed by atoms with Crippen molar-refractivity contribution in [1.82, 2.24) is 9.97 Å². The molecule has 11 aromatic rings. The molecule has 2 heterocycles. The van der Waals surface area contributed by atoms with Crippen LogP contribution in [-0.4, -0.2) is 9.97 Å². The van der Waals surface area contributed by atoms with Crippen molar-refractivity contribution >= 4 is 65.0 Å². The van der Waals surface area contributed by atoms with Crippen LogP contribution in [0.25, 0.3) is 110 Å². The minimum absolute atomic E-state index is 0.664. The number of hydrogen-bond donors (Lipinski definition) is 0. The monoisotopic (exact) mass is 674 g/mol. The molecule has 0 aliphatic heterocycles. The summed E-state index contributed by atoms with van der Waals surface area (Å²) in [6.45, 7) is 0. The number of benzene rings is 9. The molecule has 0 radical (unpaired) electrons. The number of fused-ring (bicyclic) bond motifs is 10. The van der Waals surface area contributed by atoms with Gasteiger partial charge in [-0.25, -0.2) is 9.97 Å². The number of para-hydroxylation sites is 2. The van der Waals surface area contributed by atoms with Crippen molar-refractivity contribution in [3.63, 3.8) is 0 Å². The average Bonchev–Trinajstić information content (AvgIpc) is 3.62. The first-order valence-electron chi connectivity index (χ1n) is 18.0. The molecule has 0 fully saturated rings. The first kappa shape index (κ1) is 29.6. The molecule has 53 heavy (non-hydrogen) atoms. The molecule has 0 unspecified atom stereocenters. The second kappa shape index (κ2) is 11.7. The molecule has 11 rings (SSSR count). The van der Waals surface area contributed by atoms with E-state index in [-0.39, 0.29) is 0 Å². The van der Waals surface area contributed by atoms with Crippen LogP contribution in [0.1, 0.15) is 0 Å². The maximum atomic E-state index is 6.56. The standard InChI is InChI=1S/C50H30N2O/c1-2-15-33-31(13-1)14-11-23-34(33)38-19-7-8-21-41(38)46-30-47(44-25-12-24-43-42-22-9-10-26-48(42)53-49(43)44)52-50(51-46)32-27-28-40-37-18-4-3-16-35(37)36-17-5-6-20-39(36)45(40)29-32/h1-30H. The molecule has 9 aromatic carbocycles. The van der Waals surface area contributed by atoms with Crippen LogP contribution in [0.4, 0.5) is 0 Å². The highest BCUT2D eigenvalue weighted by molar-refractivity contribution is 6.25. The second-order valence-electron chi connectivity index (χ2n) is 13.7. The number of furan rings is 1. The Morgan fingerprint density at radius 1 is 0.321 bits per heavy atom. The van der Waals surface area contributed by atoms with Gasteiger partial charge in [0.25, 0.3) is 0 Å². The molecule has 0 saturated heterocycles. The maximum Gasteiger partial charge on any atom is 0.160 e. The van der Waals surface area contributed by atoms with Crippen LogP contribution >= 0.6 is 0 Å². The molecule has 0 bridgehead atoms. The molecular formula is C50H30N2O. The average molecular weight is 675 g/mol. The van der Waals surface area contributed by atoms with Crippen LogP contribution in [0.5, 0.6) is 0 Å². The first-order chi connectivity index (χ1) is 26.3. The Morgan fingerprint density at radius 3 is 1.60 bits per heavy atom. The van der Waals surface area contributed by atoms with Gasteiger partial charge < -0.3 is 4.42 Å². The summed E-state index contributed by atoms with van der Waals surface area (Å²) < 4.78 is 6.56. The van der Waals surface area contributed by atoms with Gasteiger partial charge in [0, 0.05) is 27.5 Å². The van der Waals surface area contributed by atoms with E-state index >= 15 is 0 Å². The molecule has 0 N–H and O–H groups in total. The van der Waals surface area contributed by atoms with Gasteiger partial charge in [-0.05, 0) is 78.5 Å². The number of nitrogens with zero attached hydrogens (tertiary/aromatic N) is 2. The van der Waals surface area contributed by atoms with E-state index in [4.69, 9.17) is 14.4 Å². The van der Waals surface area contributed by atoms with E-state index in [9.17, 15) is 0 Å². The maximum absolute atomic E-state index is 6.56. The van der Waals surface area contributed by atoms with Crippen molar-refractivity contribution in [3.8, 4) is 45.0 Å². The fourth-order valence-electron chi connectivity index (χ4n) is 8.25. The molecule has 3 heteroatoms. The van der Waals surface area contributed by atoms with Gasteiger partial charge in [0.05, 0.1) is 11.4 Å². The summed E-state index contributed by atoms with van der Waals surface area (Å²) in [7, 11) is 0. The molecule has 3 nitrogen and oxygen atoms in total. The highest BCUT2D eigenvalue weighted by Gasteiger charge is 2.19. The molecule has 246 valence electrons. The van der Waals surface area contributed by atoms with Crippen LogP contribution in [0.15, 0.2) is 186 Å². The van der Waals surface area contributed by atoms with Crippen molar-refractivity contribution < 1.29 is 4.42 Å². The summed E-state index contributed by atoms with van der Waals surface area (Å²) in [5.74, 6) is 0.664. The molecule has 0 atom stereocenters. The van der Waals surface area contributed by atoms with E-state index in [0.717, 1.165) is 55.6 Å². The quantitative estimate of drug-likeness (QED) is 0.174. The van der Waals surface area contributed by atoms with Crippen LogP contribution in [0, 0.1) is 0 Å². The summed E-state index contributed by atoms with van der Waals surface area (Å²) in [5.41, 5.74) is 8.58. The van der Waals surface area contributed by atoms with Crippen LogP contribution in [0.2, 0.25) is 0 Å². The Kier molecular flexibility index (Phi) is 6.55. The van der Waals surface area contributed by atoms with Gasteiger partial charge in [-0.15, -0.1) is 0 Å². The Morgan fingerprint density at radius 2 is 0.830 bits per heavy atom. The lowest BCUT2D eigenvalue weighted by Gasteiger charge is -2.15. The summed E-state index contributed by atoms with van der Waals surface area (Å²) in [6, 6.07) is 64.4. The normalized spacial score (nSPS) is 11.8. The van der Waals surface area contributed by atoms with Gasteiger partial charge in [-0.3, -0.25) is 0 Å².